The van der Waals surface area contributed by atoms with Gasteiger partial charge in [-0.3, -0.25) is 9.36 Å². The summed E-state index contributed by atoms with van der Waals surface area (Å²) in [5, 5.41) is 0. The third kappa shape index (κ3) is 3.42. The van der Waals surface area contributed by atoms with E-state index >= 15 is 0 Å². The van der Waals surface area contributed by atoms with E-state index in [-0.39, 0.29) is 12.5 Å². The molecule has 0 saturated carbocycles. The van der Waals surface area contributed by atoms with Gasteiger partial charge in [0.2, 0.25) is 5.91 Å². The molecule has 2 aromatic rings. The summed E-state index contributed by atoms with van der Waals surface area (Å²) in [7, 11) is 1.55. The molecule has 0 N–H and O–H groups in total. The van der Waals surface area contributed by atoms with E-state index in [4.69, 9.17) is 9.72 Å². The normalized spacial score (nSPS) is 15.8. The van der Waals surface area contributed by atoms with Crippen LogP contribution in [-0.4, -0.2) is 52.1 Å². The zero-order chi connectivity index (χ0) is 16.2. The number of aryl methyl sites for hydroxylation is 1. The number of pyridine rings is 1. The minimum absolute atomic E-state index is 0.0710. The number of likely N-dealkylation sites (tertiary alicyclic amines) is 1. The lowest BCUT2D eigenvalue weighted by Gasteiger charge is -2.31. The average Bonchev–Trinajstić information content (AvgIpc) is 3.01. The summed E-state index contributed by atoms with van der Waals surface area (Å²) < 4.78 is 6.91. The van der Waals surface area contributed by atoms with Gasteiger partial charge in [0.05, 0.1) is 0 Å². The van der Waals surface area contributed by atoms with Gasteiger partial charge in [-0.25, -0.2) is 9.97 Å². The van der Waals surface area contributed by atoms with Crippen molar-refractivity contribution < 1.29 is 9.53 Å². The van der Waals surface area contributed by atoms with E-state index in [2.05, 4.69) is 11.1 Å². The molecular weight excluding hydrogens is 292 g/mol. The zero-order valence-electron chi connectivity index (χ0n) is 13.6. The van der Waals surface area contributed by atoms with Crippen LogP contribution in [0.1, 0.15) is 30.3 Å². The predicted molar refractivity (Wildman–Crippen MR) is 86.5 cm³/mol. The molecule has 6 heteroatoms. The molecule has 0 bridgehead atoms. The number of imidazole rings is 1. The molecule has 1 saturated heterocycles. The Kier molecular flexibility index (Phi) is 4.71. The first kappa shape index (κ1) is 15.7. The second kappa shape index (κ2) is 6.91. The molecular formula is C17H22N4O2. The Bertz CT molecular complexity index is 675. The van der Waals surface area contributed by atoms with Crippen LogP contribution < -0.4 is 0 Å². The van der Waals surface area contributed by atoms with Gasteiger partial charge in [0.25, 0.3) is 0 Å². The van der Waals surface area contributed by atoms with Crippen LogP contribution in [-0.2, 0) is 9.53 Å². The fourth-order valence-electron chi connectivity index (χ4n) is 3.06. The number of nitrogens with zero attached hydrogens (tertiary/aromatic N) is 4. The Labute approximate surface area is 136 Å². The quantitative estimate of drug-likeness (QED) is 0.865. The minimum Gasteiger partial charge on any atom is -0.375 e. The number of amides is 1. The van der Waals surface area contributed by atoms with E-state index in [1.54, 1.807) is 13.3 Å². The first-order valence-electron chi connectivity index (χ1n) is 7.93. The number of hydrogen-bond acceptors (Lipinski definition) is 4. The summed E-state index contributed by atoms with van der Waals surface area (Å²) in [4.78, 5) is 22.8. The van der Waals surface area contributed by atoms with E-state index in [0.29, 0.717) is 5.92 Å². The molecule has 0 spiro atoms. The van der Waals surface area contributed by atoms with Crippen LogP contribution in [0.5, 0.6) is 0 Å². The first-order chi connectivity index (χ1) is 11.2. The summed E-state index contributed by atoms with van der Waals surface area (Å²) in [6.45, 7) is 3.66. The Morgan fingerprint density at radius 1 is 1.35 bits per heavy atom. The van der Waals surface area contributed by atoms with Gasteiger partial charge in [-0.2, -0.15) is 0 Å². The Hall–Kier alpha value is -2.21. The van der Waals surface area contributed by atoms with Crippen molar-refractivity contribution in [1.82, 2.24) is 19.4 Å². The molecule has 6 nitrogen and oxygen atoms in total. The molecule has 3 heterocycles. The molecule has 2 aromatic heterocycles. The summed E-state index contributed by atoms with van der Waals surface area (Å²) in [5.74, 6) is 2.29. The highest BCUT2D eigenvalue weighted by atomic mass is 16.5. The third-order valence-corrected chi connectivity index (χ3v) is 4.36. The van der Waals surface area contributed by atoms with Crippen molar-refractivity contribution >= 4 is 5.91 Å². The number of methoxy groups -OCH3 is 1. The smallest absolute Gasteiger partial charge is 0.248 e. The van der Waals surface area contributed by atoms with E-state index in [1.807, 2.05) is 34.7 Å². The summed E-state index contributed by atoms with van der Waals surface area (Å²) >= 11 is 0. The highest BCUT2D eigenvalue weighted by Gasteiger charge is 2.24. The van der Waals surface area contributed by atoms with Crippen LogP contribution in [0.25, 0.3) is 5.82 Å². The van der Waals surface area contributed by atoms with Crippen molar-refractivity contribution in [2.45, 2.75) is 25.7 Å². The van der Waals surface area contributed by atoms with Gasteiger partial charge >= 0.3 is 0 Å². The Morgan fingerprint density at radius 2 is 2.13 bits per heavy atom. The van der Waals surface area contributed by atoms with Crippen LogP contribution >= 0.6 is 0 Å². The summed E-state index contributed by atoms with van der Waals surface area (Å²) in [6.07, 6.45) is 5.58. The molecule has 1 aliphatic heterocycles. The van der Waals surface area contributed by atoms with E-state index in [1.165, 1.54) is 0 Å². The standard InChI is InChI=1S/C17H22N4O2/c1-13-18-8-11-21(13)16-5-3-4-15(19-16)14-6-9-20(10-7-14)17(22)12-23-2/h3-5,8,11,14H,6-7,9-10,12H2,1-2H3. The van der Waals surface area contributed by atoms with Crippen LogP contribution in [0.15, 0.2) is 30.6 Å². The maximum atomic E-state index is 11.9. The third-order valence-electron chi connectivity index (χ3n) is 4.36. The van der Waals surface area contributed by atoms with Crippen molar-refractivity contribution in [1.29, 1.82) is 0 Å². The highest BCUT2D eigenvalue weighted by molar-refractivity contribution is 5.77. The van der Waals surface area contributed by atoms with E-state index < -0.39 is 0 Å². The number of piperidine rings is 1. The SMILES string of the molecule is COCC(=O)N1CCC(c2cccc(-n3ccnc3C)n2)CC1. The lowest BCUT2D eigenvalue weighted by molar-refractivity contribution is -0.136. The molecule has 1 aliphatic rings. The highest BCUT2D eigenvalue weighted by Crippen LogP contribution is 2.27. The lowest BCUT2D eigenvalue weighted by Crippen LogP contribution is -2.39. The minimum atomic E-state index is 0.0710. The maximum absolute atomic E-state index is 11.9. The molecule has 0 radical (unpaired) electrons. The molecule has 23 heavy (non-hydrogen) atoms. The van der Waals surface area contributed by atoms with Gasteiger partial charge in [0.1, 0.15) is 18.2 Å². The number of aromatic nitrogens is 3. The molecule has 0 aliphatic carbocycles. The molecule has 0 unspecified atom stereocenters. The summed E-state index contributed by atoms with van der Waals surface area (Å²) in [6, 6.07) is 6.11. The second-order valence-corrected chi connectivity index (χ2v) is 5.85. The molecule has 0 aromatic carbocycles. The number of ether oxygens (including phenoxy) is 1. The maximum Gasteiger partial charge on any atom is 0.248 e. The van der Waals surface area contributed by atoms with Crippen LogP contribution in [0.4, 0.5) is 0 Å². The second-order valence-electron chi connectivity index (χ2n) is 5.85. The fraction of sp³-hybridized carbons (Fsp3) is 0.471. The Balaban J connectivity index is 1.70. The van der Waals surface area contributed by atoms with Gasteiger partial charge in [0.15, 0.2) is 0 Å². The zero-order valence-corrected chi connectivity index (χ0v) is 13.6. The van der Waals surface area contributed by atoms with Gasteiger partial charge in [-0.1, -0.05) is 6.07 Å². The molecule has 122 valence electrons. The number of carbonyl (C=O) groups excluding carboxylic acids is 1. The van der Waals surface area contributed by atoms with Crippen LogP contribution in [0.3, 0.4) is 0 Å². The van der Waals surface area contributed by atoms with Crippen LogP contribution in [0, 0.1) is 6.92 Å². The van der Waals surface area contributed by atoms with Gasteiger partial charge in [-0.15, -0.1) is 0 Å². The van der Waals surface area contributed by atoms with Crippen molar-refractivity contribution in [3.63, 3.8) is 0 Å². The average molecular weight is 314 g/mol. The van der Waals surface area contributed by atoms with Gasteiger partial charge in [0, 0.05) is 44.2 Å². The molecule has 1 amide bonds. The number of carbonyl (C=O) groups is 1. The van der Waals surface area contributed by atoms with Crippen molar-refractivity contribution in [3.05, 3.63) is 42.1 Å². The number of rotatable bonds is 4. The van der Waals surface area contributed by atoms with Gasteiger partial charge in [-0.05, 0) is 31.9 Å². The van der Waals surface area contributed by atoms with Crippen LogP contribution in [0.2, 0.25) is 0 Å². The van der Waals surface area contributed by atoms with E-state index in [0.717, 1.165) is 43.3 Å². The monoisotopic (exact) mass is 314 g/mol. The van der Waals surface area contributed by atoms with Crippen molar-refractivity contribution in [2.75, 3.05) is 26.8 Å². The van der Waals surface area contributed by atoms with Crippen molar-refractivity contribution in [3.8, 4) is 5.82 Å². The van der Waals surface area contributed by atoms with E-state index in [9.17, 15) is 4.79 Å². The van der Waals surface area contributed by atoms with Crippen molar-refractivity contribution in [2.24, 2.45) is 0 Å². The topological polar surface area (TPSA) is 60.2 Å². The molecule has 0 atom stereocenters. The largest absolute Gasteiger partial charge is 0.375 e. The predicted octanol–water partition coefficient (Wildman–Crippen LogP) is 1.93. The number of hydrogen-bond donors (Lipinski definition) is 0. The fourth-order valence-corrected chi connectivity index (χ4v) is 3.06. The lowest BCUT2D eigenvalue weighted by atomic mass is 9.93. The molecule has 3 rings (SSSR count). The first-order valence-corrected chi connectivity index (χ1v) is 7.93. The Morgan fingerprint density at radius 3 is 2.78 bits per heavy atom. The molecule has 1 fully saturated rings. The summed E-state index contributed by atoms with van der Waals surface area (Å²) in [5.41, 5.74) is 1.09. The van der Waals surface area contributed by atoms with Gasteiger partial charge < -0.3 is 9.64 Å².